The predicted octanol–water partition coefficient (Wildman–Crippen LogP) is 0.986. The van der Waals surface area contributed by atoms with Crippen LogP contribution in [0, 0.1) is 0 Å². The smallest absolute Gasteiger partial charge is 0.121 e. The van der Waals surface area contributed by atoms with Crippen LogP contribution >= 0.6 is 0 Å². The van der Waals surface area contributed by atoms with E-state index in [0.717, 1.165) is 18.1 Å². The van der Waals surface area contributed by atoms with E-state index in [0.29, 0.717) is 0 Å². The lowest BCUT2D eigenvalue weighted by Gasteiger charge is -2.37. The van der Waals surface area contributed by atoms with Crippen molar-refractivity contribution in [1.29, 1.82) is 0 Å². The monoisotopic (exact) mass is 208 g/mol. The molecule has 0 radical (unpaired) electrons. The molecular formula is C11H20N4. The van der Waals surface area contributed by atoms with Gasteiger partial charge in [0.1, 0.15) is 5.82 Å². The fraction of sp³-hybridized carbons (Fsp3) is 0.727. The van der Waals surface area contributed by atoms with Crippen LogP contribution < -0.4 is 5.73 Å². The fourth-order valence-electron chi connectivity index (χ4n) is 2.48. The number of nitrogens with two attached hydrogens (primary N) is 1. The first-order valence-electron chi connectivity index (χ1n) is 5.50. The SMILES string of the molecule is CN1CCCC(C)(c2cc(N)n(C)n2)C1. The maximum Gasteiger partial charge on any atom is 0.121 e. The molecule has 4 nitrogen and oxygen atoms in total. The van der Waals surface area contributed by atoms with Gasteiger partial charge in [-0.05, 0) is 26.4 Å². The van der Waals surface area contributed by atoms with Crippen LogP contribution in [0.1, 0.15) is 25.5 Å². The number of likely N-dealkylation sites (tertiary alicyclic amines) is 1. The van der Waals surface area contributed by atoms with E-state index in [2.05, 4.69) is 24.0 Å². The first-order chi connectivity index (χ1) is 7.01. The van der Waals surface area contributed by atoms with Crippen LogP contribution in [0.4, 0.5) is 5.82 Å². The van der Waals surface area contributed by atoms with Gasteiger partial charge in [-0.2, -0.15) is 5.10 Å². The maximum absolute atomic E-state index is 5.83. The Labute approximate surface area is 91.1 Å². The van der Waals surface area contributed by atoms with E-state index in [1.54, 1.807) is 4.68 Å². The molecule has 84 valence electrons. The predicted molar refractivity (Wildman–Crippen MR) is 61.7 cm³/mol. The minimum Gasteiger partial charge on any atom is -0.384 e. The standard InChI is InChI=1S/C11H20N4/c1-11(5-4-6-14(2)8-11)9-7-10(12)15(3)13-9/h7H,4-6,8,12H2,1-3H3. The Bertz CT molecular complexity index is 338. The number of nitrogen functional groups attached to an aromatic ring is 1. The molecule has 2 heterocycles. The average molecular weight is 208 g/mol. The molecule has 15 heavy (non-hydrogen) atoms. The molecule has 1 fully saturated rings. The lowest BCUT2D eigenvalue weighted by Crippen LogP contribution is -2.42. The Balaban J connectivity index is 2.27. The maximum atomic E-state index is 5.83. The molecule has 1 saturated heterocycles. The number of piperidine rings is 1. The van der Waals surface area contributed by atoms with Crippen LogP contribution in [0.3, 0.4) is 0 Å². The molecule has 0 bridgehead atoms. The van der Waals surface area contributed by atoms with E-state index in [9.17, 15) is 0 Å². The molecule has 0 aromatic carbocycles. The van der Waals surface area contributed by atoms with Crippen molar-refractivity contribution in [2.45, 2.75) is 25.2 Å². The van der Waals surface area contributed by atoms with Crippen LogP contribution in [-0.4, -0.2) is 34.8 Å². The topological polar surface area (TPSA) is 47.1 Å². The molecular weight excluding hydrogens is 188 g/mol. The van der Waals surface area contributed by atoms with Crippen LogP contribution in [0.25, 0.3) is 0 Å². The van der Waals surface area contributed by atoms with Gasteiger partial charge in [0.05, 0.1) is 5.69 Å². The molecule has 1 aromatic heterocycles. The van der Waals surface area contributed by atoms with Gasteiger partial charge >= 0.3 is 0 Å². The molecule has 2 N–H and O–H groups in total. The van der Waals surface area contributed by atoms with Crippen molar-refractivity contribution in [3.8, 4) is 0 Å². The van der Waals surface area contributed by atoms with Crippen molar-refractivity contribution in [3.05, 3.63) is 11.8 Å². The summed E-state index contributed by atoms with van der Waals surface area (Å²) in [5.41, 5.74) is 7.13. The number of aryl methyl sites for hydroxylation is 1. The second-order valence-electron chi connectivity index (χ2n) is 4.98. The van der Waals surface area contributed by atoms with Gasteiger partial charge in [0.25, 0.3) is 0 Å². The van der Waals surface area contributed by atoms with Crippen LogP contribution in [0.2, 0.25) is 0 Å². The number of likely N-dealkylation sites (N-methyl/N-ethyl adjacent to an activating group) is 1. The molecule has 0 aliphatic carbocycles. The van der Waals surface area contributed by atoms with E-state index in [1.165, 1.54) is 19.4 Å². The molecule has 1 unspecified atom stereocenters. The molecule has 1 atom stereocenters. The van der Waals surface area contributed by atoms with Crippen molar-refractivity contribution < 1.29 is 0 Å². The third kappa shape index (κ3) is 1.86. The minimum atomic E-state index is 0.169. The number of hydrogen-bond donors (Lipinski definition) is 1. The van der Waals surface area contributed by atoms with E-state index < -0.39 is 0 Å². The Morgan fingerprint density at radius 2 is 2.20 bits per heavy atom. The summed E-state index contributed by atoms with van der Waals surface area (Å²) in [6.07, 6.45) is 2.44. The molecule has 0 amide bonds. The summed E-state index contributed by atoms with van der Waals surface area (Å²) in [5.74, 6) is 0.749. The largest absolute Gasteiger partial charge is 0.384 e. The summed E-state index contributed by atoms with van der Waals surface area (Å²) in [6.45, 7) is 4.55. The van der Waals surface area contributed by atoms with Gasteiger partial charge in [-0.1, -0.05) is 6.92 Å². The van der Waals surface area contributed by atoms with Gasteiger partial charge < -0.3 is 10.6 Å². The summed E-state index contributed by atoms with van der Waals surface area (Å²) < 4.78 is 1.76. The van der Waals surface area contributed by atoms with Gasteiger partial charge in [0, 0.05) is 25.1 Å². The summed E-state index contributed by atoms with van der Waals surface area (Å²) in [7, 11) is 4.07. The Kier molecular flexibility index (Phi) is 2.46. The van der Waals surface area contributed by atoms with Gasteiger partial charge in [0.2, 0.25) is 0 Å². The normalized spacial score (nSPS) is 28.2. The first-order valence-corrected chi connectivity index (χ1v) is 5.50. The van der Waals surface area contributed by atoms with Crippen molar-refractivity contribution in [3.63, 3.8) is 0 Å². The Hall–Kier alpha value is -1.03. The van der Waals surface area contributed by atoms with Crippen LogP contribution in [-0.2, 0) is 12.5 Å². The lowest BCUT2D eigenvalue weighted by atomic mass is 9.79. The summed E-state index contributed by atoms with van der Waals surface area (Å²) in [4.78, 5) is 2.37. The van der Waals surface area contributed by atoms with E-state index in [4.69, 9.17) is 5.73 Å². The van der Waals surface area contributed by atoms with Crippen molar-refractivity contribution >= 4 is 5.82 Å². The highest BCUT2D eigenvalue weighted by molar-refractivity contribution is 5.34. The van der Waals surface area contributed by atoms with E-state index >= 15 is 0 Å². The minimum absolute atomic E-state index is 0.169. The second-order valence-corrected chi connectivity index (χ2v) is 4.98. The van der Waals surface area contributed by atoms with Crippen LogP contribution in [0.5, 0.6) is 0 Å². The van der Waals surface area contributed by atoms with E-state index in [-0.39, 0.29) is 5.41 Å². The van der Waals surface area contributed by atoms with E-state index in [1.807, 2.05) is 13.1 Å². The number of nitrogens with zero attached hydrogens (tertiary/aromatic N) is 3. The number of aromatic nitrogens is 2. The molecule has 0 spiro atoms. The van der Waals surface area contributed by atoms with Gasteiger partial charge in [-0.25, -0.2) is 0 Å². The molecule has 1 aromatic rings. The molecule has 4 heteroatoms. The zero-order valence-corrected chi connectivity index (χ0v) is 9.82. The molecule has 1 aliphatic heterocycles. The summed E-state index contributed by atoms with van der Waals surface area (Å²) in [5, 5.41) is 4.51. The Morgan fingerprint density at radius 3 is 2.73 bits per heavy atom. The van der Waals surface area contributed by atoms with Gasteiger partial charge in [0.15, 0.2) is 0 Å². The third-order valence-electron chi connectivity index (χ3n) is 3.42. The molecule has 2 rings (SSSR count). The van der Waals surface area contributed by atoms with Crippen LogP contribution in [0.15, 0.2) is 6.07 Å². The zero-order valence-electron chi connectivity index (χ0n) is 9.82. The number of anilines is 1. The average Bonchev–Trinajstić information content (AvgIpc) is 2.47. The summed E-state index contributed by atoms with van der Waals surface area (Å²) in [6, 6.07) is 2.01. The first kappa shape index (κ1) is 10.5. The van der Waals surface area contributed by atoms with Crippen molar-refractivity contribution in [2.24, 2.45) is 7.05 Å². The van der Waals surface area contributed by atoms with Gasteiger partial charge in [-0.3, -0.25) is 4.68 Å². The fourth-order valence-corrected chi connectivity index (χ4v) is 2.48. The van der Waals surface area contributed by atoms with Gasteiger partial charge in [-0.15, -0.1) is 0 Å². The summed E-state index contributed by atoms with van der Waals surface area (Å²) >= 11 is 0. The highest BCUT2D eigenvalue weighted by atomic mass is 15.3. The second kappa shape index (κ2) is 3.52. The Morgan fingerprint density at radius 1 is 1.47 bits per heavy atom. The quantitative estimate of drug-likeness (QED) is 0.748. The molecule has 1 aliphatic rings. The number of hydrogen-bond acceptors (Lipinski definition) is 3. The highest BCUT2D eigenvalue weighted by Gasteiger charge is 2.33. The third-order valence-corrected chi connectivity index (χ3v) is 3.42. The zero-order chi connectivity index (χ0) is 11.1. The highest BCUT2D eigenvalue weighted by Crippen LogP contribution is 2.32. The lowest BCUT2D eigenvalue weighted by molar-refractivity contribution is 0.184. The molecule has 0 saturated carbocycles. The number of rotatable bonds is 1. The van der Waals surface area contributed by atoms with Crippen molar-refractivity contribution in [2.75, 3.05) is 25.9 Å². The van der Waals surface area contributed by atoms with Crippen molar-refractivity contribution in [1.82, 2.24) is 14.7 Å².